The van der Waals surface area contributed by atoms with E-state index in [0.717, 1.165) is 50.5 Å². The summed E-state index contributed by atoms with van der Waals surface area (Å²) in [6.45, 7) is 2.93. The largest absolute Gasteiger partial charge is 0.392 e. The van der Waals surface area contributed by atoms with E-state index in [9.17, 15) is 9.90 Å². The fourth-order valence-corrected chi connectivity index (χ4v) is 4.69. The van der Waals surface area contributed by atoms with E-state index in [0.29, 0.717) is 18.9 Å². The van der Waals surface area contributed by atoms with Crippen LogP contribution in [0.2, 0.25) is 0 Å². The van der Waals surface area contributed by atoms with E-state index in [-0.39, 0.29) is 18.1 Å². The molecule has 1 N–H and O–H groups in total. The SMILES string of the molecule is CN1C[C@H](O)C[C@H]1c1nnc2n1CCN(C(=O)C1CCCCC1)CC2. The smallest absolute Gasteiger partial charge is 0.225 e. The van der Waals surface area contributed by atoms with E-state index in [1.54, 1.807) is 0 Å². The minimum Gasteiger partial charge on any atom is -0.392 e. The number of aliphatic hydroxyl groups excluding tert-OH is 1. The molecule has 0 bridgehead atoms. The van der Waals surface area contributed by atoms with Crippen molar-refractivity contribution in [2.45, 2.75) is 63.6 Å². The van der Waals surface area contributed by atoms with Crippen molar-refractivity contribution in [3.8, 4) is 0 Å². The van der Waals surface area contributed by atoms with Crippen LogP contribution in [0.3, 0.4) is 0 Å². The molecule has 1 aromatic rings. The number of carbonyl (C=O) groups is 1. The van der Waals surface area contributed by atoms with Gasteiger partial charge in [0, 0.05) is 38.5 Å². The van der Waals surface area contributed by atoms with Crippen LogP contribution in [0.1, 0.15) is 56.2 Å². The third-order valence-electron chi connectivity index (χ3n) is 6.15. The zero-order valence-corrected chi connectivity index (χ0v) is 15.1. The van der Waals surface area contributed by atoms with Crippen LogP contribution >= 0.6 is 0 Å². The predicted octanol–water partition coefficient (Wildman–Crippen LogP) is 0.981. The van der Waals surface area contributed by atoms with Crippen LogP contribution in [-0.4, -0.2) is 68.4 Å². The van der Waals surface area contributed by atoms with Crippen LogP contribution in [0.5, 0.6) is 0 Å². The summed E-state index contributed by atoms with van der Waals surface area (Å²) in [5.41, 5.74) is 0. The maximum absolute atomic E-state index is 12.9. The van der Waals surface area contributed by atoms with Gasteiger partial charge in [-0.15, -0.1) is 10.2 Å². The highest BCUT2D eigenvalue weighted by Gasteiger charge is 2.35. The zero-order chi connectivity index (χ0) is 17.4. The summed E-state index contributed by atoms with van der Waals surface area (Å²) in [6, 6.07) is 0.122. The second-order valence-corrected chi connectivity index (χ2v) is 7.88. The van der Waals surface area contributed by atoms with Gasteiger partial charge in [0.2, 0.25) is 5.91 Å². The Morgan fingerprint density at radius 3 is 2.64 bits per heavy atom. The van der Waals surface area contributed by atoms with Gasteiger partial charge in [-0.2, -0.15) is 0 Å². The molecule has 25 heavy (non-hydrogen) atoms. The van der Waals surface area contributed by atoms with E-state index >= 15 is 0 Å². The lowest BCUT2D eigenvalue weighted by Gasteiger charge is -2.28. The number of rotatable bonds is 2. The van der Waals surface area contributed by atoms with Gasteiger partial charge in [-0.05, 0) is 26.3 Å². The second-order valence-electron chi connectivity index (χ2n) is 7.88. The van der Waals surface area contributed by atoms with Crippen LogP contribution in [-0.2, 0) is 17.8 Å². The van der Waals surface area contributed by atoms with Gasteiger partial charge in [0.15, 0.2) is 5.82 Å². The summed E-state index contributed by atoms with van der Waals surface area (Å²) in [5, 5.41) is 18.8. The first-order chi connectivity index (χ1) is 12.1. The van der Waals surface area contributed by atoms with Crippen molar-refractivity contribution in [3.05, 3.63) is 11.6 Å². The predicted molar refractivity (Wildman–Crippen MR) is 92.9 cm³/mol. The van der Waals surface area contributed by atoms with Crippen LogP contribution < -0.4 is 0 Å². The van der Waals surface area contributed by atoms with Crippen LogP contribution in [0.15, 0.2) is 0 Å². The molecule has 1 aliphatic carbocycles. The number of likely N-dealkylation sites (N-methyl/N-ethyl adjacent to an activating group) is 1. The maximum Gasteiger partial charge on any atom is 0.225 e. The Hall–Kier alpha value is -1.47. The first-order valence-electron chi connectivity index (χ1n) is 9.72. The molecule has 138 valence electrons. The maximum atomic E-state index is 12.9. The first kappa shape index (κ1) is 17.0. The summed E-state index contributed by atoms with van der Waals surface area (Å²) in [6.07, 6.45) is 6.94. The Morgan fingerprint density at radius 1 is 1.12 bits per heavy atom. The standard InChI is InChI=1S/C18H29N5O2/c1-21-12-14(24)11-15(21)17-20-19-16-7-8-22(9-10-23(16)17)18(25)13-5-3-2-4-6-13/h13-15,24H,2-12H2,1H3/t14-,15+/m1/s1. The molecular formula is C18H29N5O2. The average Bonchev–Trinajstić information content (AvgIpc) is 3.10. The molecule has 0 aromatic carbocycles. The van der Waals surface area contributed by atoms with Crippen molar-refractivity contribution in [3.63, 3.8) is 0 Å². The van der Waals surface area contributed by atoms with Gasteiger partial charge in [-0.1, -0.05) is 19.3 Å². The Balaban J connectivity index is 1.46. The Kier molecular flexibility index (Phi) is 4.78. The lowest BCUT2D eigenvalue weighted by atomic mass is 9.88. The minimum atomic E-state index is -0.293. The monoisotopic (exact) mass is 347 g/mol. The summed E-state index contributed by atoms with van der Waals surface area (Å²) >= 11 is 0. The zero-order valence-electron chi connectivity index (χ0n) is 15.1. The fraction of sp³-hybridized carbons (Fsp3) is 0.833. The normalized spacial score (nSPS) is 28.8. The van der Waals surface area contributed by atoms with Gasteiger partial charge in [0.1, 0.15) is 5.82 Å². The molecule has 1 amide bonds. The highest BCUT2D eigenvalue weighted by atomic mass is 16.3. The molecule has 4 rings (SSSR count). The van der Waals surface area contributed by atoms with E-state index in [1.165, 1.54) is 19.3 Å². The molecule has 0 unspecified atom stereocenters. The number of hydrogen-bond acceptors (Lipinski definition) is 5. The van der Waals surface area contributed by atoms with Crippen molar-refractivity contribution in [2.24, 2.45) is 5.92 Å². The molecule has 0 spiro atoms. The number of carbonyl (C=O) groups excluding carboxylic acids is 1. The van der Waals surface area contributed by atoms with E-state index in [4.69, 9.17) is 0 Å². The Labute approximate surface area is 149 Å². The Bertz CT molecular complexity index is 625. The van der Waals surface area contributed by atoms with E-state index in [1.807, 2.05) is 11.9 Å². The highest BCUT2D eigenvalue weighted by Crippen LogP contribution is 2.31. The number of likely N-dealkylation sites (tertiary alicyclic amines) is 1. The molecule has 1 saturated heterocycles. The molecule has 0 radical (unpaired) electrons. The third kappa shape index (κ3) is 3.31. The number of β-amino-alcohol motifs (C(OH)–C–C–N with tert-alkyl or cyclic N) is 1. The summed E-state index contributed by atoms with van der Waals surface area (Å²) in [4.78, 5) is 17.0. The number of amides is 1. The number of fused-ring (bicyclic) bond motifs is 1. The molecule has 1 aromatic heterocycles. The summed E-state index contributed by atoms with van der Waals surface area (Å²) in [7, 11) is 2.03. The fourth-order valence-electron chi connectivity index (χ4n) is 4.69. The molecule has 7 heteroatoms. The van der Waals surface area contributed by atoms with Gasteiger partial charge in [-0.3, -0.25) is 9.69 Å². The van der Waals surface area contributed by atoms with Gasteiger partial charge in [0.25, 0.3) is 0 Å². The quantitative estimate of drug-likeness (QED) is 0.863. The molecular weight excluding hydrogens is 318 g/mol. The van der Waals surface area contributed by atoms with E-state index in [2.05, 4.69) is 19.7 Å². The summed E-state index contributed by atoms with van der Waals surface area (Å²) < 4.78 is 2.19. The Morgan fingerprint density at radius 2 is 1.92 bits per heavy atom. The van der Waals surface area contributed by atoms with Gasteiger partial charge in [-0.25, -0.2) is 0 Å². The molecule has 3 heterocycles. The van der Waals surface area contributed by atoms with Crippen molar-refractivity contribution in [1.29, 1.82) is 0 Å². The first-order valence-corrected chi connectivity index (χ1v) is 9.72. The van der Waals surface area contributed by atoms with Gasteiger partial charge >= 0.3 is 0 Å². The van der Waals surface area contributed by atoms with Crippen LogP contribution in [0, 0.1) is 5.92 Å². The summed E-state index contributed by atoms with van der Waals surface area (Å²) in [5.74, 6) is 2.49. The number of hydrogen-bond donors (Lipinski definition) is 1. The van der Waals surface area contributed by atoms with Crippen molar-refractivity contribution in [2.75, 3.05) is 26.7 Å². The molecule has 2 aliphatic heterocycles. The third-order valence-corrected chi connectivity index (χ3v) is 6.15. The number of aliphatic hydroxyl groups is 1. The van der Waals surface area contributed by atoms with E-state index < -0.39 is 0 Å². The molecule has 7 nitrogen and oxygen atoms in total. The number of nitrogens with zero attached hydrogens (tertiary/aromatic N) is 5. The average molecular weight is 347 g/mol. The van der Waals surface area contributed by atoms with Crippen molar-refractivity contribution >= 4 is 5.91 Å². The van der Waals surface area contributed by atoms with Gasteiger partial charge < -0.3 is 14.6 Å². The van der Waals surface area contributed by atoms with Crippen LogP contribution in [0.25, 0.3) is 0 Å². The van der Waals surface area contributed by atoms with Crippen molar-refractivity contribution in [1.82, 2.24) is 24.6 Å². The van der Waals surface area contributed by atoms with Crippen LogP contribution in [0.4, 0.5) is 0 Å². The second kappa shape index (κ2) is 7.03. The highest BCUT2D eigenvalue weighted by molar-refractivity contribution is 5.79. The number of aromatic nitrogens is 3. The lowest BCUT2D eigenvalue weighted by Crippen LogP contribution is -2.39. The topological polar surface area (TPSA) is 74.5 Å². The molecule has 1 saturated carbocycles. The lowest BCUT2D eigenvalue weighted by molar-refractivity contribution is -0.136. The molecule has 3 aliphatic rings. The van der Waals surface area contributed by atoms with Crippen molar-refractivity contribution < 1.29 is 9.90 Å². The minimum absolute atomic E-state index is 0.122. The molecule has 2 atom stereocenters. The van der Waals surface area contributed by atoms with Gasteiger partial charge in [0.05, 0.1) is 12.1 Å². The molecule has 2 fully saturated rings.